The third kappa shape index (κ3) is 3.91. The molecule has 1 aromatic carbocycles. The summed E-state index contributed by atoms with van der Waals surface area (Å²) in [5.74, 6) is -1.20. The zero-order chi connectivity index (χ0) is 19.8. The van der Waals surface area contributed by atoms with Crippen LogP contribution in [0.15, 0.2) is 18.2 Å². The van der Waals surface area contributed by atoms with Crippen molar-refractivity contribution in [1.29, 1.82) is 0 Å². The third-order valence-electron chi connectivity index (χ3n) is 5.53. The zero-order valence-corrected chi connectivity index (χ0v) is 15.9. The number of hydrogen-bond donors (Lipinski definition) is 3. The quantitative estimate of drug-likeness (QED) is 0.680. The van der Waals surface area contributed by atoms with Crippen molar-refractivity contribution < 1.29 is 18.8 Å². The molecule has 3 N–H and O–H groups in total. The Labute approximate surface area is 161 Å². The van der Waals surface area contributed by atoms with Crippen molar-refractivity contribution >= 4 is 35.1 Å². The zero-order valence-electron chi connectivity index (χ0n) is 15.1. The van der Waals surface area contributed by atoms with E-state index >= 15 is 0 Å². The smallest absolute Gasteiger partial charge is 0.322 e. The maximum atomic E-state index is 13.8. The van der Waals surface area contributed by atoms with Gasteiger partial charge in [0.2, 0.25) is 5.91 Å². The lowest BCUT2D eigenvalue weighted by molar-refractivity contribution is -0.127. The Balaban J connectivity index is 1.59. The molecular weight excluding hydrogens is 375 g/mol. The van der Waals surface area contributed by atoms with Crippen LogP contribution in [0.2, 0.25) is 5.02 Å². The van der Waals surface area contributed by atoms with E-state index in [0.29, 0.717) is 31.0 Å². The minimum absolute atomic E-state index is 0.0131. The topological polar surface area (TPSA) is 90.5 Å². The van der Waals surface area contributed by atoms with Gasteiger partial charge in [-0.05, 0) is 63.9 Å². The first-order valence-electron chi connectivity index (χ1n) is 8.84. The molecule has 0 aromatic heterocycles. The number of benzene rings is 1. The Morgan fingerprint density at radius 3 is 2.63 bits per heavy atom. The van der Waals surface area contributed by atoms with E-state index < -0.39 is 23.4 Å². The number of urea groups is 1. The summed E-state index contributed by atoms with van der Waals surface area (Å²) in [6.07, 6.45) is 1.32. The first-order valence-corrected chi connectivity index (χ1v) is 9.22. The Morgan fingerprint density at radius 1 is 1.37 bits per heavy atom. The SMILES string of the molecule is C[C@H](C(=O)Nc1cc(Cl)ccc1F)N1CCC([C@]2(C)NC(=O)NC2=O)CC1. The fourth-order valence-electron chi connectivity index (χ4n) is 3.70. The fraction of sp³-hybridized carbons (Fsp3) is 0.500. The molecule has 0 spiro atoms. The lowest BCUT2D eigenvalue weighted by Gasteiger charge is -2.40. The number of halogens is 2. The first kappa shape index (κ1) is 19.6. The number of nitrogens with one attached hydrogen (secondary N) is 3. The second-order valence-corrected chi connectivity index (χ2v) is 7.65. The molecule has 2 aliphatic heterocycles. The summed E-state index contributed by atoms with van der Waals surface area (Å²) < 4.78 is 13.8. The van der Waals surface area contributed by atoms with Crippen LogP contribution in [0.1, 0.15) is 26.7 Å². The van der Waals surface area contributed by atoms with Crippen LogP contribution in [-0.2, 0) is 9.59 Å². The van der Waals surface area contributed by atoms with Crippen LogP contribution in [0, 0.1) is 11.7 Å². The average molecular weight is 397 g/mol. The molecule has 27 heavy (non-hydrogen) atoms. The largest absolute Gasteiger partial charge is 0.323 e. The molecule has 2 fully saturated rings. The summed E-state index contributed by atoms with van der Waals surface area (Å²) in [7, 11) is 0. The van der Waals surface area contributed by atoms with Gasteiger partial charge in [-0.25, -0.2) is 9.18 Å². The number of anilines is 1. The Bertz CT molecular complexity index is 782. The number of hydrogen-bond acceptors (Lipinski definition) is 4. The van der Waals surface area contributed by atoms with Crippen LogP contribution >= 0.6 is 11.6 Å². The van der Waals surface area contributed by atoms with Crippen molar-refractivity contribution in [2.24, 2.45) is 5.92 Å². The minimum Gasteiger partial charge on any atom is -0.323 e. The van der Waals surface area contributed by atoms with Crippen LogP contribution in [-0.4, -0.2) is 47.4 Å². The summed E-state index contributed by atoms with van der Waals surface area (Å²) in [5.41, 5.74) is -0.870. The highest BCUT2D eigenvalue weighted by Gasteiger charge is 2.48. The molecule has 0 aliphatic carbocycles. The monoisotopic (exact) mass is 396 g/mol. The Kier molecular flexibility index (Phi) is 5.39. The van der Waals surface area contributed by atoms with Gasteiger partial charge in [0.25, 0.3) is 5.91 Å². The van der Waals surface area contributed by atoms with Gasteiger partial charge in [0, 0.05) is 5.02 Å². The Morgan fingerprint density at radius 2 is 2.04 bits per heavy atom. The summed E-state index contributed by atoms with van der Waals surface area (Å²) >= 11 is 5.85. The lowest BCUT2D eigenvalue weighted by atomic mass is 9.79. The first-order chi connectivity index (χ1) is 12.7. The van der Waals surface area contributed by atoms with E-state index in [2.05, 4.69) is 16.0 Å². The predicted octanol–water partition coefficient (Wildman–Crippen LogP) is 2.12. The molecule has 2 saturated heterocycles. The van der Waals surface area contributed by atoms with E-state index in [0.717, 1.165) is 0 Å². The van der Waals surface area contributed by atoms with Crippen molar-refractivity contribution in [3.8, 4) is 0 Å². The molecule has 9 heteroatoms. The number of imide groups is 1. The van der Waals surface area contributed by atoms with Gasteiger partial charge in [-0.2, -0.15) is 0 Å². The maximum Gasteiger partial charge on any atom is 0.322 e. The van der Waals surface area contributed by atoms with Crippen LogP contribution < -0.4 is 16.0 Å². The molecule has 1 aromatic rings. The van der Waals surface area contributed by atoms with Gasteiger partial charge in [-0.1, -0.05) is 11.6 Å². The number of likely N-dealkylation sites (tertiary alicyclic amines) is 1. The van der Waals surface area contributed by atoms with Gasteiger partial charge < -0.3 is 10.6 Å². The lowest BCUT2D eigenvalue weighted by Crippen LogP contribution is -2.55. The Hall–Kier alpha value is -2.19. The van der Waals surface area contributed by atoms with E-state index in [4.69, 9.17) is 11.6 Å². The number of nitrogens with zero attached hydrogens (tertiary/aromatic N) is 1. The summed E-state index contributed by atoms with van der Waals surface area (Å²) in [6, 6.07) is 3.05. The molecule has 0 unspecified atom stereocenters. The van der Waals surface area contributed by atoms with Crippen molar-refractivity contribution in [3.63, 3.8) is 0 Å². The van der Waals surface area contributed by atoms with Crippen LogP contribution in [0.4, 0.5) is 14.9 Å². The summed E-state index contributed by atoms with van der Waals surface area (Å²) in [6.45, 7) is 4.67. The van der Waals surface area contributed by atoms with Crippen LogP contribution in [0.3, 0.4) is 0 Å². The van der Waals surface area contributed by atoms with E-state index in [1.807, 2.05) is 4.90 Å². The van der Waals surface area contributed by atoms with Gasteiger partial charge >= 0.3 is 6.03 Å². The highest BCUT2D eigenvalue weighted by Crippen LogP contribution is 2.31. The molecular formula is C18H22ClFN4O3. The molecule has 0 saturated carbocycles. The molecule has 7 nitrogen and oxygen atoms in total. The number of rotatable bonds is 4. The van der Waals surface area contributed by atoms with E-state index in [1.54, 1.807) is 13.8 Å². The second kappa shape index (κ2) is 7.44. The van der Waals surface area contributed by atoms with Crippen molar-refractivity contribution in [1.82, 2.24) is 15.5 Å². The number of carbonyl (C=O) groups is 3. The van der Waals surface area contributed by atoms with E-state index in [9.17, 15) is 18.8 Å². The molecule has 3 rings (SSSR count). The summed E-state index contributed by atoms with van der Waals surface area (Å²) in [4.78, 5) is 38.0. The second-order valence-electron chi connectivity index (χ2n) is 7.21. The number of carbonyl (C=O) groups excluding carboxylic acids is 3. The van der Waals surface area contributed by atoms with Gasteiger partial charge in [0.1, 0.15) is 11.4 Å². The van der Waals surface area contributed by atoms with Gasteiger partial charge in [0.15, 0.2) is 0 Å². The summed E-state index contributed by atoms with van der Waals surface area (Å²) in [5, 5.41) is 7.90. The van der Waals surface area contributed by atoms with Gasteiger partial charge in [-0.3, -0.25) is 19.8 Å². The van der Waals surface area contributed by atoms with Crippen molar-refractivity contribution in [2.45, 2.75) is 38.3 Å². The van der Waals surface area contributed by atoms with Gasteiger partial charge in [-0.15, -0.1) is 0 Å². The van der Waals surface area contributed by atoms with Crippen molar-refractivity contribution in [2.75, 3.05) is 18.4 Å². The van der Waals surface area contributed by atoms with E-state index in [1.165, 1.54) is 18.2 Å². The van der Waals surface area contributed by atoms with Crippen LogP contribution in [0.5, 0.6) is 0 Å². The number of piperidine rings is 1. The molecule has 4 amide bonds. The van der Waals surface area contributed by atoms with Gasteiger partial charge in [0.05, 0.1) is 11.7 Å². The molecule has 0 radical (unpaired) electrons. The fourth-order valence-corrected chi connectivity index (χ4v) is 3.88. The molecule has 0 bridgehead atoms. The maximum absolute atomic E-state index is 13.8. The highest BCUT2D eigenvalue weighted by atomic mass is 35.5. The van der Waals surface area contributed by atoms with Crippen molar-refractivity contribution in [3.05, 3.63) is 29.0 Å². The average Bonchev–Trinajstić information content (AvgIpc) is 2.90. The molecule has 2 atom stereocenters. The normalized spacial score (nSPS) is 25.0. The third-order valence-corrected chi connectivity index (χ3v) is 5.77. The standard InChI is InChI=1S/C18H22ClFN4O3/c1-10(15(25)21-14-9-12(19)3-4-13(14)20)24-7-5-11(6-8-24)18(2)16(26)22-17(27)23-18/h3-4,9-11H,5-8H2,1-2H3,(H,21,25)(H2,22,23,26,27)/t10-,18+/m1/s1. The number of amides is 4. The van der Waals surface area contributed by atoms with E-state index in [-0.39, 0.29) is 23.4 Å². The molecule has 2 heterocycles. The van der Waals surface area contributed by atoms with Crippen LogP contribution in [0.25, 0.3) is 0 Å². The molecule has 2 aliphatic rings. The minimum atomic E-state index is -0.918. The predicted molar refractivity (Wildman–Crippen MR) is 98.9 cm³/mol. The molecule has 146 valence electrons. The highest BCUT2D eigenvalue weighted by molar-refractivity contribution is 6.30.